The SMILES string of the molecule is C[CH]NOC(C)(CC)CC. The van der Waals surface area contributed by atoms with Gasteiger partial charge in [0.2, 0.25) is 0 Å². The van der Waals surface area contributed by atoms with Gasteiger partial charge in [-0.3, -0.25) is 4.84 Å². The van der Waals surface area contributed by atoms with E-state index in [4.69, 9.17) is 4.84 Å². The van der Waals surface area contributed by atoms with Crippen molar-refractivity contribution in [3.8, 4) is 0 Å². The maximum absolute atomic E-state index is 5.37. The normalized spacial score (nSPS) is 12.0. The summed E-state index contributed by atoms with van der Waals surface area (Å²) in [7, 11) is 0. The molecule has 0 atom stereocenters. The molecule has 10 heavy (non-hydrogen) atoms. The lowest BCUT2D eigenvalue weighted by Crippen LogP contribution is -2.32. The Labute approximate surface area is 63.9 Å². The molecule has 1 N–H and O–H groups in total. The number of hydrogen-bond donors (Lipinski definition) is 1. The summed E-state index contributed by atoms with van der Waals surface area (Å²) in [4.78, 5) is 5.37. The van der Waals surface area contributed by atoms with Crippen molar-refractivity contribution in [3.63, 3.8) is 0 Å². The molecule has 0 aliphatic rings. The molecule has 0 bridgehead atoms. The van der Waals surface area contributed by atoms with Crippen molar-refractivity contribution in [2.45, 2.75) is 46.1 Å². The highest BCUT2D eigenvalue weighted by atomic mass is 16.7. The molecule has 0 saturated heterocycles. The molecule has 0 amide bonds. The highest BCUT2D eigenvalue weighted by Gasteiger charge is 2.19. The van der Waals surface area contributed by atoms with Crippen molar-refractivity contribution in [3.05, 3.63) is 6.54 Å². The van der Waals surface area contributed by atoms with Gasteiger partial charge in [-0.2, -0.15) is 5.48 Å². The lowest BCUT2D eigenvalue weighted by atomic mass is 10.0. The maximum Gasteiger partial charge on any atom is 0.0863 e. The zero-order chi connectivity index (χ0) is 8.04. The summed E-state index contributed by atoms with van der Waals surface area (Å²) in [6.45, 7) is 10.1. The van der Waals surface area contributed by atoms with Gasteiger partial charge in [-0.25, -0.2) is 0 Å². The largest absolute Gasteiger partial charge is 0.295 e. The zero-order valence-corrected chi connectivity index (χ0v) is 7.40. The molecule has 2 heteroatoms. The van der Waals surface area contributed by atoms with E-state index in [1.54, 1.807) is 6.54 Å². The topological polar surface area (TPSA) is 21.3 Å². The summed E-state index contributed by atoms with van der Waals surface area (Å²) in [5, 5.41) is 0. The lowest BCUT2D eigenvalue weighted by Gasteiger charge is -2.26. The van der Waals surface area contributed by atoms with E-state index in [0.717, 1.165) is 12.8 Å². The van der Waals surface area contributed by atoms with Crippen molar-refractivity contribution in [1.82, 2.24) is 5.48 Å². The Bertz CT molecular complexity index is 79.3. The Morgan fingerprint density at radius 2 is 1.90 bits per heavy atom. The van der Waals surface area contributed by atoms with E-state index in [1.807, 2.05) is 6.92 Å². The number of rotatable bonds is 5. The lowest BCUT2D eigenvalue weighted by molar-refractivity contribution is -0.0883. The second-order valence-corrected chi connectivity index (χ2v) is 2.67. The van der Waals surface area contributed by atoms with Crippen LogP contribution in [-0.4, -0.2) is 5.60 Å². The van der Waals surface area contributed by atoms with E-state index in [-0.39, 0.29) is 5.60 Å². The molecule has 1 radical (unpaired) electrons. The smallest absolute Gasteiger partial charge is 0.0863 e. The summed E-state index contributed by atoms with van der Waals surface area (Å²) < 4.78 is 0. The minimum Gasteiger partial charge on any atom is -0.295 e. The van der Waals surface area contributed by atoms with Gasteiger partial charge >= 0.3 is 0 Å². The van der Waals surface area contributed by atoms with Gasteiger partial charge in [-0.05, 0) is 26.7 Å². The van der Waals surface area contributed by atoms with Crippen LogP contribution in [0.5, 0.6) is 0 Å². The van der Waals surface area contributed by atoms with Crippen molar-refractivity contribution in [1.29, 1.82) is 0 Å². The fourth-order valence-corrected chi connectivity index (χ4v) is 0.596. The highest BCUT2D eigenvalue weighted by molar-refractivity contribution is 4.69. The Morgan fingerprint density at radius 1 is 1.40 bits per heavy atom. The summed E-state index contributed by atoms with van der Waals surface area (Å²) in [5.41, 5.74) is 2.76. The Hall–Kier alpha value is -0.0800. The minimum absolute atomic E-state index is 0.00743. The third kappa shape index (κ3) is 3.18. The van der Waals surface area contributed by atoms with Crippen molar-refractivity contribution in [2.75, 3.05) is 0 Å². The van der Waals surface area contributed by atoms with Gasteiger partial charge in [0.25, 0.3) is 0 Å². The standard InChI is InChI=1S/C8H18NO/c1-5-8(4,6-2)10-9-7-3/h7,9H,5-6H2,1-4H3. The van der Waals surface area contributed by atoms with Crippen LogP contribution in [-0.2, 0) is 4.84 Å². The van der Waals surface area contributed by atoms with Crippen LogP contribution in [0.4, 0.5) is 0 Å². The molecular formula is C8H18NO. The van der Waals surface area contributed by atoms with Gasteiger partial charge in [0, 0.05) is 6.54 Å². The quantitative estimate of drug-likeness (QED) is 0.598. The van der Waals surface area contributed by atoms with E-state index < -0.39 is 0 Å². The molecule has 0 aromatic rings. The van der Waals surface area contributed by atoms with Crippen LogP contribution in [0.3, 0.4) is 0 Å². The molecule has 0 saturated carbocycles. The number of hydrogen-bond acceptors (Lipinski definition) is 2. The molecule has 0 unspecified atom stereocenters. The fourth-order valence-electron chi connectivity index (χ4n) is 0.596. The second-order valence-electron chi connectivity index (χ2n) is 2.67. The Kier molecular flexibility index (Phi) is 4.65. The van der Waals surface area contributed by atoms with Crippen molar-refractivity contribution < 1.29 is 4.84 Å². The molecule has 0 aromatic heterocycles. The van der Waals surface area contributed by atoms with Crippen LogP contribution in [0.1, 0.15) is 40.5 Å². The van der Waals surface area contributed by atoms with Gasteiger partial charge in [-0.1, -0.05) is 13.8 Å². The van der Waals surface area contributed by atoms with Crippen LogP contribution in [0, 0.1) is 6.54 Å². The van der Waals surface area contributed by atoms with Gasteiger partial charge in [0.15, 0.2) is 0 Å². The molecule has 61 valence electrons. The Morgan fingerprint density at radius 3 is 2.20 bits per heavy atom. The summed E-state index contributed by atoms with van der Waals surface area (Å²) in [5.74, 6) is 0. The first-order valence-corrected chi connectivity index (χ1v) is 3.90. The summed E-state index contributed by atoms with van der Waals surface area (Å²) >= 11 is 0. The minimum atomic E-state index is -0.00743. The molecule has 0 aromatic carbocycles. The number of nitrogens with one attached hydrogen (secondary N) is 1. The number of hydroxylamine groups is 1. The van der Waals surface area contributed by atoms with Crippen LogP contribution in [0.25, 0.3) is 0 Å². The first kappa shape index (κ1) is 9.92. The van der Waals surface area contributed by atoms with Crippen LogP contribution < -0.4 is 5.48 Å². The average molecular weight is 144 g/mol. The van der Waals surface area contributed by atoms with Gasteiger partial charge in [0.05, 0.1) is 5.60 Å². The van der Waals surface area contributed by atoms with E-state index in [1.165, 1.54) is 0 Å². The monoisotopic (exact) mass is 144 g/mol. The highest BCUT2D eigenvalue weighted by Crippen LogP contribution is 2.17. The first-order chi connectivity index (χ1) is 4.68. The van der Waals surface area contributed by atoms with Gasteiger partial charge < -0.3 is 0 Å². The summed E-state index contributed by atoms with van der Waals surface area (Å²) in [6.07, 6.45) is 2.06. The van der Waals surface area contributed by atoms with Crippen molar-refractivity contribution >= 4 is 0 Å². The molecule has 0 aliphatic carbocycles. The average Bonchev–Trinajstić information content (AvgIpc) is 2.00. The maximum atomic E-state index is 5.37. The van der Waals surface area contributed by atoms with E-state index in [2.05, 4.69) is 26.3 Å². The molecule has 2 nitrogen and oxygen atoms in total. The first-order valence-electron chi connectivity index (χ1n) is 3.90. The predicted octanol–water partition coefficient (Wildman–Crippen LogP) is 2.27. The van der Waals surface area contributed by atoms with E-state index >= 15 is 0 Å². The van der Waals surface area contributed by atoms with Gasteiger partial charge in [-0.15, -0.1) is 0 Å². The van der Waals surface area contributed by atoms with Gasteiger partial charge in [0.1, 0.15) is 0 Å². The molecule has 0 aliphatic heterocycles. The molecule has 0 heterocycles. The third-order valence-corrected chi connectivity index (χ3v) is 1.92. The molecule has 0 fully saturated rings. The Balaban J connectivity index is 3.58. The van der Waals surface area contributed by atoms with Crippen molar-refractivity contribution in [2.24, 2.45) is 0 Å². The summed E-state index contributed by atoms with van der Waals surface area (Å²) in [6, 6.07) is 0. The predicted molar refractivity (Wildman–Crippen MR) is 43.2 cm³/mol. The molecule has 0 rings (SSSR count). The fraction of sp³-hybridized carbons (Fsp3) is 0.875. The van der Waals surface area contributed by atoms with Crippen LogP contribution >= 0.6 is 0 Å². The second kappa shape index (κ2) is 4.69. The van der Waals surface area contributed by atoms with Crippen LogP contribution in [0.15, 0.2) is 0 Å². The third-order valence-electron chi connectivity index (χ3n) is 1.92. The van der Waals surface area contributed by atoms with E-state index in [9.17, 15) is 0 Å². The zero-order valence-electron chi connectivity index (χ0n) is 7.40. The van der Waals surface area contributed by atoms with E-state index in [0.29, 0.717) is 0 Å². The van der Waals surface area contributed by atoms with Crippen LogP contribution in [0.2, 0.25) is 0 Å². The molecular weight excluding hydrogens is 126 g/mol. The molecule has 0 spiro atoms.